The second kappa shape index (κ2) is 6.06. The maximum Gasteiger partial charge on any atom is 0.183 e. The topological polar surface area (TPSA) is 57.9 Å². The molecule has 0 aliphatic heterocycles. The second-order valence-electron chi connectivity index (χ2n) is 4.89. The lowest BCUT2D eigenvalue weighted by molar-refractivity contribution is 0.523. The lowest BCUT2D eigenvalue weighted by atomic mass is 10.0. The third kappa shape index (κ3) is 3.01. The quantitative estimate of drug-likeness (QED) is 0.770. The van der Waals surface area contributed by atoms with Crippen molar-refractivity contribution in [1.29, 1.82) is 5.26 Å². The molecule has 1 aromatic carbocycles. The van der Waals surface area contributed by atoms with E-state index in [2.05, 4.69) is 22.0 Å². The molecule has 0 spiro atoms. The predicted molar refractivity (Wildman–Crippen MR) is 77.3 cm³/mol. The van der Waals surface area contributed by atoms with E-state index in [0.29, 0.717) is 22.2 Å². The fourth-order valence-corrected chi connectivity index (χ4v) is 5.63. The van der Waals surface area contributed by atoms with E-state index in [4.69, 9.17) is 0 Å². The summed E-state index contributed by atoms with van der Waals surface area (Å²) in [7, 11) is -3.45. The first-order valence-electron chi connectivity index (χ1n) is 6.45. The van der Waals surface area contributed by atoms with Crippen molar-refractivity contribution in [3.05, 3.63) is 28.7 Å². The first-order chi connectivity index (χ1) is 9.07. The summed E-state index contributed by atoms with van der Waals surface area (Å²) in [5.74, 6) is -0.389. The molecular weight excluding hydrogens is 326 g/mol. The van der Waals surface area contributed by atoms with Crippen LogP contribution in [0.15, 0.2) is 33.6 Å². The molecule has 1 aromatic rings. The van der Waals surface area contributed by atoms with Gasteiger partial charge in [-0.3, -0.25) is 0 Å². The first kappa shape index (κ1) is 14.5. The number of hydrogen-bond donors (Lipinski definition) is 0. The number of nitrogens with zero attached hydrogens (tertiary/aromatic N) is 1. The molecule has 102 valence electrons. The third-order valence-corrected chi connectivity index (χ3v) is 6.94. The molecule has 2 atom stereocenters. The summed E-state index contributed by atoms with van der Waals surface area (Å²) >= 11 is 3.30. The average molecular weight is 342 g/mol. The van der Waals surface area contributed by atoms with Gasteiger partial charge in [-0.1, -0.05) is 31.4 Å². The number of rotatable bonds is 2. The van der Waals surface area contributed by atoms with Crippen molar-refractivity contribution in [2.24, 2.45) is 5.92 Å². The van der Waals surface area contributed by atoms with E-state index in [-0.39, 0.29) is 5.92 Å². The Morgan fingerprint density at radius 3 is 2.53 bits per heavy atom. The molecule has 3 nitrogen and oxygen atoms in total. The Morgan fingerprint density at radius 2 is 1.84 bits per heavy atom. The van der Waals surface area contributed by atoms with Crippen LogP contribution < -0.4 is 0 Å². The maximum atomic E-state index is 12.7. The zero-order valence-electron chi connectivity index (χ0n) is 10.5. The van der Waals surface area contributed by atoms with Gasteiger partial charge in [-0.05, 0) is 40.9 Å². The zero-order valence-corrected chi connectivity index (χ0v) is 13.0. The van der Waals surface area contributed by atoms with Crippen molar-refractivity contribution in [1.82, 2.24) is 0 Å². The summed E-state index contributed by atoms with van der Waals surface area (Å²) in [6.07, 6.45) is 4.11. The van der Waals surface area contributed by atoms with Gasteiger partial charge in [-0.25, -0.2) is 8.42 Å². The van der Waals surface area contributed by atoms with E-state index in [1.54, 1.807) is 24.3 Å². The molecule has 0 radical (unpaired) electrons. The predicted octanol–water partition coefficient (Wildman–Crippen LogP) is 3.70. The molecule has 0 aromatic heterocycles. The Hall–Kier alpha value is -0.860. The summed E-state index contributed by atoms with van der Waals surface area (Å²) < 4.78 is 26.1. The monoisotopic (exact) mass is 341 g/mol. The Balaban J connectivity index is 2.43. The van der Waals surface area contributed by atoms with E-state index >= 15 is 0 Å². The van der Waals surface area contributed by atoms with Crippen molar-refractivity contribution >= 4 is 25.8 Å². The number of benzene rings is 1. The highest BCUT2D eigenvalue weighted by Crippen LogP contribution is 2.34. The molecule has 0 bridgehead atoms. The minimum Gasteiger partial charge on any atom is -0.223 e. The average Bonchev–Trinajstić information content (AvgIpc) is 2.64. The molecule has 2 rings (SSSR count). The lowest BCUT2D eigenvalue weighted by Gasteiger charge is -2.20. The molecule has 0 heterocycles. The van der Waals surface area contributed by atoms with Gasteiger partial charge in [0.1, 0.15) is 0 Å². The van der Waals surface area contributed by atoms with Gasteiger partial charge in [0.25, 0.3) is 0 Å². The van der Waals surface area contributed by atoms with Crippen LogP contribution in [0.4, 0.5) is 0 Å². The Morgan fingerprint density at radius 1 is 1.16 bits per heavy atom. The number of nitriles is 1. The highest BCUT2D eigenvalue weighted by atomic mass is 79.9. The van der Waals surface area contributed by atoms with Crippen LogP contribution in [-0.4, -0.2) is 13.7 Å². The summed E-state index contributed by atoms with van der Waals surface area (Å²) in [5, 5.41) is 8.67. The van der Waals surface area contributed by atoms with Gasteiger partial charge in [-0.2, -0.15) is 5.26 Å². The van der Waals surface area contributed by atoms with Crippen LogP contribution in [0.5, 0.6) is 0 Å². The Kier molecular flexibility index (Phi) is 4.64. The smallest absolute Gasteiger partial charge is 0.183 e. The zero-order chi connectivity index (χ0) is 13.9. The summed E-state index contributed by atoms with van der Waals surface area (Å²) in [6, 6.07) is 9.04. The van der Waals surface area contributed by atoms with E-state index in [0.717, 1.165) is 19.3 Å². The number of sulfone groups is 1. The van der Waals surface area contributed by atoms with Crippen LogP contribution >= 0.6 is 15.9 Å². The van der Waals surface area contributed by atoms with Gasteiger partial charge in [0.05, 0.1) is 22.1 Å². The van der Waals surface area contributed by atoms with Gasteiger partial charge >= 0.3 is 0 Å². The van der Waals surface area contributed by atoms with Gasteiger partial charge in [-0.15, -0.1) is 0 Å². The van der Waals surface area contributed by atoms with Crippen LogP contribution in [0.2, 0.25) is 0 Å². The highest BCUT2D eigenvalue weighted by Gasteiger charge is 2.36. The van der Waals surface area contributed by atoms with Gasteiger partial charge in [0.15, 0.2) is 9.84 Å². The molecule has 1 aliphatic carbocycles. The normalized spacial score (nSPS) is 24.4. The molecule has 5 heteroatoms. The number of hydrogen-bond acceptors (Lipinski definition) is 3. The van der Waals surface area contributed by atoms with Crippen LogP contribution in [0.25, 0.3) is 0 Å². The van der Waals surface area contributed by atoms with E-state index in [9.17, 15) is 13.7 Å². The van der Waals surface area contributed by atoms with Crippen LogP contribution in [-0.2, 0) is 9.84 Å². The minimum absolute atomic E-state index is 0.308. The van der Waals surface area contributed by atoms with Crippen molar-refractivity contribution in [3.8, 4) is 6.07 Å². The molecule has 19 heavy (non-hydrogen) atoms. The Labute approximate surface area is 122 Å². The van der Waals surface area contributed by atoms with E-state index < -0.39 is 15.1 Å². The van der Waals surface area contributed by atoms with Gasteiger partial charge in [0.2, 0.25) is 0 Å². The summed E-state index contributed by atoms with van der Waals surface area (Å²) in [6.45, 7) is 0. The van der Waals surface area contributed by atoms with Crippen molar-refractivity contribution < 1.29 is 8.42 Å². The van der Waals surface area contributed by atoms with Crippen molar-refractivity contribution in [2.45, 2.75) is 42.2 Å². The molecule has 1 aliphatic rings. The van der Waals surface area contributed by atoms with Crippen LogP contribution in [0.3, 0.4) is 0 Å². The standard InChI is InChI=1S/C14H16BrNO2S/c15-12-7-4-5-9-14(12)19(17,18)13-8-3-1-2-6-11(13)10-16/h4-5,7,9,11,13H,1-3,6,8H2. The Bertz CT molecular complexity index is 592. The van der Waals surface area contributed by atoms with Crippen molar-refractivity contribution in [3.63, 3.8) is 0 Å². The number of halogens is 1. The molecule has 2 unspecified atom stereocenters. The van der Waals surface area contributed by atoms with Crippen molar-refractivity contribution in [2.75, 3.05) is 0 Å². The third-order valence-electron chi connectivity index (χ3n) is 3.66. The first-order valence-corrected chi connectivity index (χ1v) is 8.79. The van der Waals surface area contributed by atoms with E-state index in [1.165, 1.54) is 0 Å². The summed E-state index contributed by atoms with van der Waals surface area (Å²) in [5.41, 5.74) is 0. The fourth-order valence-electron chi connectivity index (χ4n) is 2.63. The van der Waals surface area contributed by atoms with Crippen LogP contribution in [0.1, 0.15) is 32.1 Å². The second-order valence-corrected chi connectivity index (χ2v) is 7.88. The molecule has 1 saturated carbocycles. The molecule has 1 fully saturated rings. The molecule has 0 amide bonds. The highest BCUT2D eigenvalue weighted by molar-refractivity contribution is 9.10. The summed E-state index contributed by atoms with van der Waals surface area (Å²) in [4.78, 5) is 0.308. The SMILES string of the molecule is N#CC1CCCCCC1S(=O)(=O)c1ccccc1Br. The minimum atomic E-state index is -3.45. The van der Waals surface area contributed by atoms with Crippen LogP contribution in [0, 0.1) is 17.2 Å². The maximum absolute atomic E-state index is 12.7. The van der Waals surface area contributed by atoms with E-state index in [1.807, 2.05) is 0 Å². The fraction of sp³-hybridized carbons (Fsp3) is 0.500. The molecule has 0 N–H and O–H groups in total. The molecular formula is C14H16BrNO2S. The largest absolute Gasteiger partial charge is 0.223 e. The van der Waals surface area contributed by atoms with Gasteiger partial charge in [0, 0.05) is 4.47 Å². The lowest BCUT2D eigenvalue weighted by Crippen LogP contribution is -2.28. The van der Waals surface area contributed by atoms with Gasteiger partial charge < -0.3 is 0 Å². The molecule has 0 saturated heterocycles.